The summed E-state index contributed by atoms with van der Waals surface area (Å²) in [7, 11) is 0. The van der Waals surface area contributed by atoms with Crippen LogP contribution < -0.4 is 5.73 Å². The Balaban J connectivity index is 2.52. The number of hydrogen-bond donors (Lipinski definition) is 1. The first-order valence-electron chi connectivity index (χ1n) is 5.36. The third-order valence-electron chi connectivity index (χ3n) is 2.12. The van der Waals surface area contributed by atoms with Crippen LogP contribution in [0.3, 0.4) is 0 Å². The van der Waals surface area contributed by atoms with Crippen LogP contribution in [-0.4, -0.2) is 32.3 Å². The molecule has 0 aromatic carbocycles. The molecule has 0 aliphatic rings. The molecule has 1 heterocycles. The Labute approximate surface area is 95.6 Å². The second-order valence-corrected chi connectivity index (χ2v) is 5.16. The molecule has 0 fully saturated rings. The summed E-state index contributed by atoms with van der Waals surface area (Å²) in [6.07, 6.45) is 2.42. The van der Waals surface area contributed by atoms with Gasteiger partial charge in [0.25, 0.3) is 0 Å². The Hall–Kier alpha value is -0.550. The molecule has 15 heavy (non-hydrogen) atoms. The van der Waals surface area contributed by atoms with Crippen molar-refractivity contribution in [2.45, 2.75) is 39.3 Å². The van der Waals surface area contributed by atoms with Gasteiger partial charge in [-0.1, -0.05) is 6.92 Å². The topological polar surface area (TPSA) is 56.7 Å². The zero-order valence-corrected chi connectivity index (χ0v) is 10.5. The van der Waals surface area contributed by atoms with Gasteiger partial charge in [-0.3, -0.25) is 0 Å². The van der Waals surface area contributed by atoms with Crippen LogP contribution in [-0.2, 0) is 6.42 Å². The van der Waals surface area contributed by atoms with Crippen molar-refractivity contribution in [3.8, 4) is 0 Å². The van der Waals surface area contributed by atoms with E-state index in [9.17, 15) is 0 Å². The van der Waals surface area contributed by atoms with Crippen LogP contribution in [0, 0.1) is 0 Å². The summed E-state index contributed by atoms with van der Waals surface area (Å²) in [5.41, 5.74) is 6.02. The maximum Gasteiger partial charge on any atom is 0.138 e. The van der Waals surface area contributed by atoms with E-state index in [4.69, 9.17) is 5.73 Å². The minimum atomic E-state index is 0.177. The van der Waals surface area contributed by atoms with Gasteiger partial charge < -0.3 is 5.73 Å². The monoisotopic (exact) mass is 228 g/mol. The Morgan fingerprint density at radius 3 is 2.87 bits per heavy atom. The van der Waals surface area contributed by atoms with Gasteiger partial charge in [-0.15, -0.1) is 0 Å². The molecule has 5 heteroatoms. The highest BCUT2D eigenvalue weighted by atomic mass is 32.2. The Morgan fingerprint density at radius 2 is 2.27 bits per heavy atom. The smallest absolute Gasteiger partial charge is 0.138 e. The maximum absolute atomic E-state index is 6.02. The third-order valence-corrected chi connectivity index (χ3v) is 3.19. The largest absolute Gasteiger partial charge is 0.327 e. The van der Waals surface area contributed by atoms with Gasteiger partial charge in [0.1, 0.15) is 12.2 Å². The molecule has 0 amide bonds. The van der Waals surface area contributed by atoms with Gasteiger partial charge in [0.15, 0.2) is 0 Å². The predicted molar refractivity (Wildman–Crippen MR) is 65.1 cm³/mol. The molecular weight excluding hydrogens is 208 g/mol. The molecule has 1 atom stereocenters. The number of nitrogens with zero attached hydrogens (tertiary/aromatic N) is 3. The lowest BCUT2D eigenvalue weighted by Gasteiger charge is -2.13. The van der Waals surface area contributed by atoms with Crippen LogP contribution >= 0.6 is 11.8 Å². The van der Waals surface area contributed by atoms with Crippen molar-refractivity contribution in [3.63, 3.8) is 0 Å². The van der Waals surface area contributed by atoms with E-state index >= 15 is 0 Å². The quantitative estimate of drug-likeness (QED) is 0.801. The fraction of sp³-hybridized carbons (Fsp3) is 0.800. The lowest BCUT2D eigenvalue weighted by atomic mass is 10.2. The highest BCUT2D eigenvalue weighted by Crippen LogP contribution is 2.09. The highest BCUT2D eigenvalue weighted by Gasteiger charge is 2.11. The minimum Gasteiger partial charge on any atom is -0.327 e. The van der Waals surface area contributed by atoms with Gasteiger partial charge in [0, 0.05) is 24.3 Å². The summed E-state index contributed by atoms with van der Waals surface area (Å²) >= 11 is 1.87. The first kappa shape index (κ1) is 12.5. The second kappa shape index (κ2) is 6.12. The lowest BCUT2D eigenvalue weighted by molar-refractivity contribution is 0.496. The summed E-state index contributed by atoms with van der Waals surface area (Å²) < 4.78 is 1.94. The van der Waals surface area contributed by atoms with Crippen molar-refractivity contribution in [3.05, 3.63) is 12.2 Å². The molecule has 1 unspecified atom stereocenters. The van der Waals surface area contributed by atoms with Crippen molar-refractivity contribution in [1.29, 1.82) is 0 Å². The molecule has 1 aromatic rings. The average molecular weight is 228 g/mol. The average Bonchev–Trinajstić information content (AvgIpc) is 2.62. The summed E-state index contributed by atoms with van der Waals surface area (Å²) in [6.45, 7) is 6.35. The Kier molecular flexibility index (Phi) is 5.11. The maximum atomic E-state index is 6.02. The fourth-order valence-electron chi connectivity index (χ4n) is 1.41. The van der Waals surface area contributed by atoms with Crippen molar-refractivity contribution < 1.29 is 0 Å². The Bertz CT molecular complexity index is 285. The molecule has 0 saturated carbocycles. The molecule has 0 saturated heterocycles. The standard InChI is InChI=1S/C10H20N4S/c1-4-15-6-9(11)5-10-12-7-13-14(10)8(2)3/h7-9H,4-6,11H2,1-3H3. The molecule has 0 aliphatic carbocycles. The van der Waals surface area contributed by atoms with E-state index in [-0.39, 0.29) is 6.04 Å². The molecule has 0 bridgehead atoms. The van der Waals surface area contributed by atoms with Crippen molar-refractivity contribution in [1.82, 2.24) is 14.8 Å². The van der Waals surface area contributed by atoms with Gasteiger partial charge in [-0.2, -0.15) is 16.9 Å². The van der Waals surface area contributed by atoms with Crippen LogP contribution in [0.2, 0.25) is 0 Å². The number of thioether (sulfide) groups is 1. The first-order chi connectivity index (χ1) is 7.15. The summed E-state index contributed by atoms with van der Waals surface area (Å²) in [5.74, 6) is 3.10. The molecule has 0 radical (unpaired) electrons. The van der Waals surface area contributed by atoms with Crippen molar-refractivity contribution in [2.75, 3.05) is 11.5 Å². The van der Waals surface area contributed by atoms with Gasteiger partial charge >= 0.3 is 0 Å². The van der Waals surface area contributed by atoms with Crippen molar-refractivity contribution in [2.24, 2.45) is 5.73 Å². The number of rotatable bonds is 6. The number of aromatic nitrogens is 3. The van der Waals surface area contributed by atoms with Crippen LogP contribution in [0.1, 0.15) is 32.6 Å². The summed E-state index contributed by atoms with van der Waals surface area (Å²) in [4.78, 5) is 4.25. The highest BCUT2D eigenvalue weighted by molar-refractivity contribution is 7.99. The van der Waals surface area contributed by atoms with Gasteiger partial charge in [0.05, 0.1) is 0 Å². The second-order valence-electron chi connectivity index (χ2n) is 3.84. The fourth-order valence-corrected chi connectivity index (χ4v) is 2.07. The molecule has 2 N–H and O–H groups in total. The van der Waals surface area contributed by atoms with E-state index < -0.39 is 0 Å². The zero-order chi connectivity index (χ0) is 11.3. The minimum absolute atomic E-state index is 0.177. The lowest BCUT2D eigenvalue weighted by Crippen LogP contribution is -2.27. The van der Waals surface area contributed by atoms with Crippen molar-refractivity contribution >= 4 is 11.8 Å². The molecular formula is C10H20N4S. The SMILES string of the molecule is CCSCC(N)Cc1ncnn1C(C)C. The van der Waals surface area contributed by atoms with E-state index in [1.807, 2.05) is 16.4 Å². The third kappa shape index (κ3) is 3.83. The normalized spacial score (nSPS) is 13.4. The Morgan fingerprint density at radius 1 is 1.53 bits per heavy atom. The van der Waals surface area contributed by atoms with E-state index in [0.717, 1.165) is 23.8 Å². The molecule has 1 aromatic heterocycles. The number of hydrogen-bond acceptors (Lipinski definition) is 4. The van der Waals surface area contributed by atoms with E-state index in [1.165, 1.54) is 0 Å². The van der Waals surface area contributed by atoms with E-state index in [0.29, 0.717) is 6.04 Å². The summed E-state index contributed by atoms with van der Waals surface area (Å²) in [6, 6.07) is 0.533. The van der Waals surface area contributed by atoms with Gasteiger partial charge in [-0.25, -0.2) is 9.67 Å². The van der Waals surface area contributed by atoms with Gasteiger partial charge in [-0.05, 0) is 19.6 Å². The first-order valence-corrected chi connectivity index (χ1v) is 6.52. The van der Waals surface area contributed by atoms with E-state index in [2.05, 4.69) is 30.9 Å². The van der Waals surface area contributed by atoms with Crippen LogP contribution in [0.4, 0.5) is 0 Å². The molecule has 4 nitrogen and oxygen atoms in total. The van der Waals surface area contributed by atoms with E-state index in [1.54, 1.807) is 6.33 Å². The number of nitrogens with two attached hydrogens (primary N) is 1. The summed E-state index contributed by atoms with van der Waals surface area (Å²) in [5, 5.41) is 4.19. The molecule has 0 aliphatic heterocycles. The molecule has 1 rings (SSSR count). The van der Waals surface area contributed by atoms with Crippen LogP contribution in [0.25, 0.3) is 0 Å². The van der Waals surface area contributed by atoms with Crippen LogP contribution in [0.5, 0.6) is 0 Å². The molecule has 0 spiro atoms. The van der Waals surface area contributed by atoms with Gasteiger partial charge in [0.2, 0.25) is 0 Å². The molecule has 86 valence electrons. The predicted octanol–water partition coefficient (Wildman–Crippen LogP) is 1.48. The van der Waals surface area contributed by atoms with Crippen LogP contribution in [0.15, 0.2) is 6.33 Å². The zero-order valence-electron chi connectivity index (χ0n) is 9.68.